The lowest BCUT2D eigenvalue weighted by Gasteiger charge is -1.89. The second-order valence-electron chi connectivity index (χ2n) is 0.560. The van der Waals surface area contributed by atoms with Crippen LogP contribution in [0.3, 0.4) is 0 Å². The number of hydrogen-bond donors (Lipinski definition) is 1. The maximum atomic E-state index is 8.07. The van der Waals surface area contributed by atoms with Crippen molar-refractivity contribution in [1.82, 2.24) is 0 Å². The molecule has 3 nitrogen and oxygen atoms in total. The molecule has 0 saturated heterocycles. The molecule has 0 aromatic rings. The van der Waals surface area contributed by atoms with Crippen LogP contribution in [0, 0.1) is 0 Å². The predicted octanol–water partition coefficient (Wildman–Crippen LogP) is -1.64. The van der Waals surface area contributed by atoms with Crippen LogP contribution >= 0.6 is 23.0 Å². The second kappa shape index (κ2) is 6.04. The number of halogens is 1. The van der Waals surface area contributed by atoms with Crippen LogP contribution in [0.2, 0.25) is 0 Å². The summed E-state index contributed by atoms with van der Waals surface area (Å²) >= 11 is 1.76. The average Bonchev–Trinajstić information content (AvgIpc) is 1.61. The van der Waals surface area contributed by atoms with Gasteiger partial charge in [0.05, 0.1) is 23.0 Å². The summed E-state index contributed by atoms with van der Waals surface area (Å²) in [7, 11) is -1.95. The highest BCUT2D eigenvalue weighted by Crippen LogP contribution is 1.78. The molecule has 0 aromatic heterocycles. The maximum Gasteiger partial charge on any atom is 0.307 e. The van der Waals surface area contributed by atoms with Gasteiger partial charge in [-0.05, 0) is 0 Å². The molecule has 0 aliphatic carbocycles. The molecule has 0 saturated carbocycles. The standard InChI is InChI=1S/H5IO3Si2/c1-3-6-4-5-2/h2H,5-6H2. The molecule has 0 heterocycles. The molecule has 0 spiro atoms. The fourth-order valence-corrected chi connectivity index (χ4v) is 2.24. The summed E-state index contributed by atoms with van der Waals surface area (Å²) in [4.78, 5) is 8.07. The quantitative estimate of drug-likeness (QED) is 0.363. The molecule has 0 rings (SSSR count). The normalized spacial score (nSPS) is 13.0. The molecular weight excluding hydrogens is 231 g/mol. The van der Waals surface area contributed by atoms with Gasteiger partial charge >= 0.3 is 10.0 Å². The lowest BCUT2D eigenvalue weighted by atomic mass is 15.8. The molecule has 0 aliphatic heterocycles. The Morgan fingerprint density at radius 3 is 2.50 bits per heavy atom. The molecule has 0 bridgehead atoms. The van der Waals surface area contributed by atoms with Crippen LogP contribution in [-0.4, -0.2) is 24.8 Å². The summed E-state index contributed by atoms with van der Waals surface area (Å²) in [6.45, 7) is 0. The van der Waals surface area contributed by atoms with Crippen LogP contribution in [0.5, 0.6) is 0 Å². The van der Waals surface area contributed by atoms with Gasteiger partial charge in [0.25, 0.3) is 10.0 Å². The van der Waals surface area contributed by atoms with Gasteiger partial charge in [0.15, 0.2) is 0 Å². The summed E-state index contributed by atoms with van der Waals surface area (Å²) in [5, 5.41) is 0. The van der Waals surface area contributed by atoms with Crippen molar-refractivity contribution in [1.29, 1.82) is 0 Å². The lowest BCUT2D eigenvalue weighted by Crippen LogP contribution is -2.01. The van der Waals surface area contributed by atoms with E-state index >= 15 is 0 Å². The van der Waals surface area contributed by atoms with Gasteiger partial charge in [-0.25, -0.2) is 0 Å². The van der Waals surface area contributed by atoms with Gasteiger partial charge < -0.3 is 11.7 Å². The van der Waals surface area contributed by atoms with E-state index in [0.29, 0.717) is 0 Å². The van der Waals surface area contributed by atoms with E-state index in [0.717, 1.165) is 0 Å². The van der Waals surface area contributed by atoms with Gasteiger partial charge in [0, 0.05) is 0 Å². The summed E-state index contributed by atoms with van der Waals surface area (Å²) in [6.07, 6.45) is 0. The van der Waals surface area contributed by atoms with Crippen LogP contribution in [0.25, 0.3) is 0 Å². The Kier molecular flexibility index (Phi) is 7.10. The molecule has 1 N–H and O–H groups in total. The zero-order valence-electron chi connectivity index (χ0n) is 3.06. The van der Waals surface area contributed by atoms with Gasteiger partial charge in [-0.3, -0.25) is 0 Å². The minimum Gasteiger partial charge on any atom is -0.424 e. The van der Waals surface area contributed by atoms with E-state index in [-0.39, 0.29) is 0 Å². The Bertz CT molecular complexity index is 20.8. The highest BCUT2D eigenvalue weighted by Gasteiger charge is 1.78. The topological polar surface area (TPSA) is 38.7 Å². The Hall–Kier alpha value is 1.04. The van der Waals surface area contributed by atoms with Crippen molar-refractivity contribution >= 4 is 43.0 Å². The van der Waals surface area contributed by atoms with Crippen molar-refractivity contribution < 1.29 is 11.7 Å². The molecule has 6 heavy (non-hydrogen) atoms. The van der Waals surface area contributed by atoms with E-state index in [4.69, 9.17) is 4.80 Å². The molecule has 0 amide bonds. The zero-order valence-corrected chi connectivity index (χ0v) is 8.04. The molecular formula is H5IO3Si2. The highest BCUT2D eigenvalue weighted by molar-refractivity contribution is 14.1. The van der Waals surface area contributed by atoms with E-state index in [9.17, 15) is 0 Å². The zero-order chi connectivity index (χ0) is 4.83. The minimum absolute atomic E-state index is 0.780. The monoisotopic (exact) mass is 236 g/mol. The van der Waals surface area contributed by atoms with E-state index in [1.165, 1.54) is 0 Å². The van der Waals surface area contributed by atoms with E-state index in [1.807, 2.05) is 0 Å². The molecule has 0 fully saturated rings. The maximum absolute atomic E-state index is 8.07. The molecule has 0 atom stereocenters. The SMILES string of the molecule is O[SiH2]O[SiH2]OI. The lowest BCUT2D eigenvalue weighted by molar-refractivity contribution is 0.439. The molecule has 38 valence electrons. The van der Waals surface area contributed by atoms with Crippen LogP contribution in [0.15, 0.2) is 0 Å². The molecule has 0 unspecified atom stereocenters. The van der Waals surface area contributed by atoms with E-state index in [1.54, 1.807) is 23.0 Å². The van der Waals surface area contributed by atoms with Gasteiger partial charge in [0.2, 0.25) is 0 Å². The fourth-order valence-electron chi connectivity index (χ4n) is 0.0688. The Morgan fingerprint density at radius 1 is 1.67 bits per heavy atom. The van der Waals surface area contributed by atoms with Crippen molar-refractivity contribution in [3.05, 3.63) is 0 Å². The molecule has 0 aromatic carbocycles. The summed E-state index contributed by atoms with van der Waals surface area (Å²) in [6, 6.07) is 0. The largest absolute Gasteiger partial charge is 0.424 e. The van der Waals surface area contributed by atoms with Crippen LogP contribution in [0.4, 0.5) is 0 Å². The molecule has 6 heteroatoms. The predicted molar refractivity (Wildman–Crippen MR) is 35.5 cm³/mol. The van der Waals surface area contributed by atoms with Crippen molar-refractivity contribution in [2.45, 2.75) is 0 Å². The number of rotatable bonds is 3. The van der Waals surface area contributed by atoms with Crippen LogP contribution in [-0.2, 0) is 6.87 Å². The first kappa shape index (κ1) is 7.04. The van der Waals surface area contributed by atoms with Gasteiger partial charge in [-0.15, -0.1) is 0 Å². The van der Waals surface area contributed by atoms with E-state index in [2.05, 4.69) is 6.87 Å². The number of hydrogen-bond acceptors (Lipinski definition) is 3. The smallest absolute Gasteiger partial charge is 0.307 e. The minimum atomic E-state index is -1.17. The fraction of sp³-hybridized carbons (Fsp3) is 0. The van der Waals surface area contributed by atoms with Crippen LogP contribution < -0.4 is 0 Å². The Morgan fingerprint density at radius 2 is 2.33 bits per heavy atom. The highest BCUT2D eigenvalue weighted by atomic mass is 127. The first-order valence-electron chi connectivity index (χ1n) is 1.34. The van der Waals surface area contributed by atoms with Crippen LogP contribution in [0.1, 0.15) is 0 Å². The van der Waals surface area contributed by atoms with Gasteiger partial charge in [-0.2, -0.15) is 0 Å². The Balaban J connectivity index is 2.34. The van der Waals surface area contributed by atoms with Crippen molar-refractivity contribution in [3.8, 4) is 0 Å². The summed E-state index contributed by atoms with van der Waals surface area (Å²) in [5.41, 5.74) is 0. The Labute approximate surface area is 54.9 Å². The van der Waals surface area contributed by atoms with Crippen molar-refractivity contribution in [2.24, 2.45) is 0 Å². The summed E-state index contributed by atoms with van der Waals surface area (Å²) < 4.78 is 9.13. The van der Waals surface area contributed by atoms with Gasteiger partial charge in [-0.1, -0.05) is 0 Å². The first-order chi connectivity index (χ1) is 2.91. The molecule has 0 radical (unpaired) electrons. The van der Waals surface area contributed by atoms with Crippen molar-refractivity contribution in [2.75, 3.05) is 0 Å². The second-order valence-corrected chi connectivity index (χ2v) is 4.77. The van der Waals surface area contributed by atoms with Crippen molar-refractivity contribution in [3.63, 3.8) is 0 Å². The van der Waals surface area contributed by atoms with E-state index < -0.39 is 20.0 Å². The van der Waals surface area contributed by atoms with Gasteiger partial charge in [0.1, 0.15) is 0 Å². The third-order valence-corrected chi connectivity index (χ3v) is 2.47. The third kappa shape index (κ3) is 5.04. The third-order valence-electron chi connectivity index (χ3n) is 0.219. The molecule has 0 aliphatic rings. The summed E-state index contributed by atoms with van der Waals surface area (Å²) in [5.74, 6) is 0. The average molecular weight is 236 g/mol. The first-order valence-corrected chi connectivity index (χ1v) is 4.58.